The van der Waals surface area contributed by atoms with Gasteiger partial charge in [0.25, 0.3) is 0 Å². The molecule has 0 radical (unpaired) electrons. The highest BCUT2D eigenvalue weighted by molar-refractivity contribution is 5.83. The summed E-state index contributed by atoms with van der Waals surface area (Å²) in [6.07, 6.45) is 0. The van der Waals surface area contributed by atoms with Crippen LogP contribution in [0.2, 0.25) is 0 Å². The summed E-state index contributed by atoms with van der Waals surface area (Å²) in [6.45, 7) is 3.75. The molecule has 0 aliphatic rings. The first-order valence-corrected chi connectivity index (χ1v) is 2.40. The van der Waals surface area contributed by atoms with E-state index in [1.165, 1.54) is 0 Å². The summed E-state index contributed by atoms with van der Waals surface area (Å²) in [6, 6.07) is 0.236. The molecule has 1 atom stereocenters. The Balaban J connectivity index is 3.34. The van der Waals surface area contributed by atoms with Gasteiger partial charge in [-0.25, -0.2) is 0 Å². The van der Waals surface area contributed by atoms with Crippen molar-refractivity contribution < 1.29 is 0 Å². The third-order valence-electron chi connectivity index (χ3n) is 1.08. The maximum absolute atomic E-state index is 7.04. The highest BCUT2D eigenvalue weighted by atomic mass is 14.9. The van der Waals surface area contributed by atoms with Crippen molar-refractivity contribution in [1.29, 1.82) is 5.41 Å². The summed E-state index contributed by atoms with van der Waals surface area (Å²) < 4.78 is 0. The van der Waals surface area contributed by atoms with Gasteiger partial charge in [0.2, 0.25) is 0 Å². The van der Waals surface area contributed by atoms with Crippen molar-refractivity contribution in [3.05, 3.63) is 0 Å². The van der Waals surface area contributed by atoms with E-state index < -0.39 is 0 Å². The molecule has 0 aromatic heterocycles. The fraction of sp³-hybridized carbons (Fsp3) is 0.800. The quantitative estimate of drug-likeness (QED) is 0.491. The maximum Gasteiger partial charge on any atom is 0.0414 e. The van der Waals surface area contributed by atoms with E-state index >= 15 is 0 Å². The second kappa shape index (κ2) is 2.75. The zero-order valence-electron chi connectivity index (χ0n) is 5.08. The average Bonchev–Trinajstić information content (AvgIpc) is 1.65. The van der Waals surface area contributed by atoms with Crippen molar-refractivity contribution >= 4 is 5.71 Å². The zero-order chi connectivity index (χ0) is 5.86. The molecule has 0 spiro atoms. The van der Waals surface area contributed by atoms with Crippen LogP contribution in [0.25, 0.3) is 0 Å². The van der Waals surface area contributed by atoms with Crippen molar-refractivity contribution in [2.75, 3.05) is 7.05 Å². The fourth-order valence-corrected chi connectivity index (χ4v) is 0.217. The van der Waals surface area contributed by atoms with E-state index in [-0.39, 0.29) is 6.04 Å². The number of rotatable bonds is 2. The van der Waals surface area contributed by atoms with Gasteiger partial charge in [-0.3, -0.25) is 0 Å². The van der Waals surface area contributed by atoms with Gasteiger partial charge in [-0.1, -0.05) is 0 Å². The number of hydrogen-bond acceptors (Lipinski definition) is 2. The topological polar surface area (TPSA) is 35.9 Å². The summed E-state index contributed by atoms with van der Waals surface area (Å²) in [5.41, 5.74) is 0.683. The molecule has 0 aliphatic heterocycles. The Labute approximate surface area is 44.4 Å². The third kappa shape index (κ3) is 2.34. The molecule has 42 valence electrons. The predicted octanol–water partition coefficient (Wildman–Crippen LogP) is 0.634. The van der Waals surface area contributed by atoms with Crippen molar-refractivity contribution in [3.8, 4) is 0 Å². The standard InChI is InChI=1S/C5H12N2/c1-4(6)5(2)7-3/h5-7H,1-3H3/t5-/m0/s1. The van der Waals surface area contributed by atoms with Crippen LogP contribution in [0.15, 0.2) is 0 Å². The Morgan fingerprint density at radius 1 is 1.71 bits per heavy atom. The van der Waals surface area contributed by atoms with Gasteiger partial charge in [-0.05, 0) is 20.9 Å². The van der Waals surface area contributed by atoms with Crippen LogP contribution in [-0.2, 0) is 0 Å². The molecule has 7 heavy (non-hydrogen) atoms. The maximum atomic E-state index is 7.04. The summed E-state index contributed by atoms with van der Waals surface area (Å²) in [5, 5.41) is 9.98. The van der Waals surface area contributed by atoms with Gasteiger partial charge in [0, 0.05) is 11.8 Å². The van der Waals surface area contributed by atoms with Gasteiger partial charge in [-0.15, -0.1) is 0 Å². The molecule has 0 saturated heterocycles. The zero-order valence-corrected chi connectivity index (χ0v) is 5.08. The Morgan fingerprint density at radius 3 is 2.14 bits per heavy atom. The lowest BCUT2D eigenvalue weighted by atomic mass is 10.2. The molecule has 0 bridgehead atoms. The van der Waals surface area contributed by atoms with Crippen LogP contribution in [0.1, 0.15) is 13.8 Å². The van der Waals surface area contributed by atoms with Crippen LogP contribution in [-0.4, -0.2) is 18.8 Å². The van der Waals surface area contributed by atoms with Gasteiger partial charge in [0.05, 0.1) is 0 Å². The summed E-state index contributed by atoms with van der Waals surface area (Å²) in [4.78, 5) is 0. The highest BCUT2D eigenvalue weighted by Gasteiger charge is 1.95. The van der Waals surface area contributed by atoms with E-state index in [1.54, 1.807) is 6.92 Å². The van der Waals surface area contributed by atoms with E-state index in [1.807, 2.05) is 14.0 Å². The monoisotopic (exact) mass is 100 g/mol. The van der Waals surface area contributed by atoms with E-state index in [0.717, 1.165) is 0 Å². The van der Waals surface area contributed by atoms with Crippen LogP contribution >= 0.6 is 0 Å². The molecule has 0 unspecified atom stereocenters. The molecule has 0 saturated carbocycles. The minimum atomic E-state index is 0.236. The molecule has 2 heteroatoms. The average molecular weight is 100 g/mol. The molecule has 0 rings (SSSR count). The molecular formula is C5H12N2. The Kier molecular flexibility index (Phi) is 2.60. The molecule has 0 fully saturated rings. The molecule has 0 aliphatic carbocycles. The van der Waals surface area contributed by atoms with Crippen molar-refractivity contribution in [2.24, 2.45) is 0 Å². The number of nitrogens with one attached hydrogen (secondary N) is 2. The molecule has 2 nitrogen and oxygen atoms in total. The van der Waals surface area contributed by atoms with Gasteiger partial charge in [0.1, 0.15) is 0 Å². The third-order valence-corrected chi connectivity index (χ3v) is 1.08. The first-order chi connectivity index (χ1) is 3.18. The SMILES string of the molecule is CN[C@@H](C)C(C)=N. The van der Waals surface area contributed by atoms with Crippen LogP contribution < -0.4 is 5.32 Å². The lowest BCUT2D eigenvalue weighted by Gasteiger charge is -2.04. The molecule has 0 aromatic rings. The minimum Gasteiger partial charge on any atom is -0.312 e. The van der Waals surface area contributed by atoms with E-state index in [2.05, 4.69) is 5.32 Å². The summed E-state index contributed by atoms with van der Waals surface area (Å²) in [7, 11) is 1.85. The second-order valence-corrected chi connectivity index (χ2v) is 1.69. The van der Waals surface area contributed by atoms with Gasteiger partial charge in [-0.2, -0.15) is 0 Å². The molecule has 0 aromatic carbocycles. The molecule has 0 amide bonds. The van der Waals surface area contributed by atoms with Crippen LogP contribution in [0.4, 0.5) is 0 Å². The van der Waals surface area contributed by atoms with Gasteiger partial charge >= 0.3 is 0 Å². The smallest absolute Gasteiger partial charge is 0.0414 e. The summed E-state index contributed by atoms with van der Waals surface area (Å²) in [5.74, 6) is 0. The first kappa shape index (κ1) is 6.63. The van der Waals surface area contributed by atoms with Gasteiger partial charge in [0.15, 0.2) is 0 Å². The highest BCUT2D eigenvalue weighted by Crippen LogP contribution is 1.78. The first-order valence-electron chi connectivity index (χ1n) is 2.40. The lowest BCUT2D eigenvalue weighted by molar-refractivity contribution is 0.756. The lowest BCUT2D eigenvalue weighted by Crippen LogP contribution is -2.27. The fourth-order valence-electron chi connectivity index (χ4n) is 0.217. The van der Waals surface area contributed by atoms with Gasteiger partial charge < -0.3 is 10.7 Å². The van der Waals surface area contributed by atoms with Crippen molar-refractivity contribution in [3.63, 3.8) is 0 Å². The van der Waals surface area contributed by atoms with Crippen LogP contribution in [0.3, 0.4) is 0 Å². The van der Waals surface area contributed by atoms with E-state index in [0.29, 0.717) is 5.71 Å². The Hall–Kier alpha value is -0.370. The van der Waals surface area contributed by atoms with E-state index in [4.69, 9.17) is 5.41 Å². The van der Waals surface area contributed by atoms with Crippen molar-refractivity contribution in [1.82, 2.24) is 5.32 Å². The van der Waals surface area contributed by atoms with Crippen LogP contribution in [0, 0.1) is 5.41 Å². The largest absolute Gasteiger partial charge is 0.312 e. The Bertz CT molecular complexity index is 68.5. The normalized spacial score (nSPS) is 13.6. The van der Waals surface area contributed by atoms with E-state index in [9.17, 15) is 0 Å². The molecular weight excluding hydrogens is 88.1 g/mol. The predicted molar refractivity (Wildman–Crippen MR) is 31.9 cm³/mol. The van der Waals surface area contributed by atoms with Crippen LogP contribution in [0.5, 0.6) is 0 Å². The summed E-state index contributed by atoms with van der Waals surface area (Å²) >= 11 is 0. The van der Waals surface area contributed by atoms with Crippen molar-refractivity contribution in [2.45, 2.75) is 19.9 Å². The minimum absolute atomic E-state index is 0.236. The molecule has 2 N–H and O–H groups in total. The Morgan fingerprint density at radius 2 is 2.14 bits per heavy atom. The number of hydrogen-bond donors (Lipinski definition) is 2. The second-order valence-electron chi connectivity index (χ2n) is 1.69. The molecule has 0 heterocycles.